The van der Waals surface area contributed by atoms with Gasteiger partial charge in [-0.05, 0) is 43.2 Å². The smallest absolute Gasteiger partial charge is 0.405 e. The predicted octanol–water partition coefficient (Wildman–Crippen LogP) is 1.62. The quantitative estimate of drug-likeness (QED) is 0.278. The van der Waals surface area contributed by atoms with E-state index in [9.17, 15) is 34.2 Å². The standard InChI is InChI=1S/C30H43N5O7/c1-5-9-20(23(37)26(39)31-18-12-13-18)32-25(38)21-14-30(15-22(36)34(16-30)19-10-7-6-8-11-19)17-35(21)27(40)24(29(2,3)4)33-28(41)42/h6-8,10-11,18,20-21,23-24,33,37H,5,9,12-17H2,1-4H3,(H,31,39)(H,32,38)(H,41,42)/t20?,21-,23?,24+,30+/m0/s1. The fourth-order valence-electron chi connectivity index (χ4n) is 6.04. The van der Waals surface area contributed by atoms with Crippen LogP contribution in [-0.2, 0) is 19.2 Å². The zero-order chi connectivity index (χ0) is 30.8. The Bertz CT molecular complexity index is 1200. The maximum absolute atomic E-state index is 14.0. The van der Waals surface area contributed by atoms with Crippen LogP contribution in [0.25, 0.3) is 0 Å². The number of carbonyl (C=O) groups excluding carboxylic acids is 4. The first-order valence-corrected chi connectivity index (χ1v) is 14.7. The van der Waals surface area contributed by atoms with Crippen molar-refractivity contribution >= 4 is 35.4 Å². The van der Waals surface area contributed by atoms with Gasteiger partial charge in [0, 0.05) is 36.7 Å². The number of rotatable bonds is 10. The molecule has 1 spiro atoms. The van der Waals surface area contributed by atoms with Crippen LogP contribution in [0.15, 0.2) is 30.3 Å². The summed E-state index contributed by atoms with van der Waals surface area (Å²) in [5.74, 6) is -1.79. The molecule has 3 aliphatic rings. The van der Waals surface area contributed by atoms with Crippen LogP contribution in [-0.4, -0.2) is 88.2 Å². The molecule has 2 aliphatic heterocycles. The Morgan fingerprint density at radius 1 is 1.07 bits per heavy atom. The van der Waals surface area contributed by atoms with E-state index in [2.05, 4.69) is 16.0 Å². The molecule has 0 radical (unpaired) electrons. The summed E-state index contributed by atoms with van der Waals surface area (Å²) in [4.78, 5) is 68.4. The summed E-state index contributed by atoms with van der Waals surface area (Å²) < 4.78 is 0. The molecule has 1 aromatic carbocycles. The summed E-state index contributed by atoms with van der Waals surface area (Å²) in [6.45, 7) is 7.44. The molecule has 2 unspecified atom stereocenters. The number of benzene rings is 1. The number of nitrogens with zero attached hydrogens (tertiary/aromatic N) is 2. The van der Waals surface area contributed by atoms with E-state index in [0.29, 0.717) is 19.4 Å². The Morgan fingerprint density at radius 2 is 1.74 bits per heavy atom. The maximum atomic E-state index is 14.0. The van der Waals surface area contributed by atoms with E-state index >= 15 is 0 Å². The summed E-state index contributed by atoms with van der Waals surface area (Å²) in [5.41, 5.74) is -0.827. The highest BCUT2D eigenvalue weighted by Crippen LogP contribution is 2.45. The molecule has 12 nitrogen and oxygen atoms in total. The Kier molecular flexibility index (Phi) is 9.15. The number of aliphatic hydroxyl groups is 1. The average molecular weight is 586 g/mol. The van der Waals surface area contributed by atoms with Crippen molar-refractivity contribution in [3.63, 3.8) is 0 Å². The molecule has 230 valence electrons. The van der Waals surface area contributed by atoms with Gasteiger partial charge in [0.25, 0.3) is 5.91 Å². The topological polar surface area (TPSA) is 168 Å². The van der Waals surface area contributed by atoms with Crippen LogP contribution >= 0.6 is 0 Å². The number of anilines is 1. The van der Waals surface area contributed by atoms with Gasteiger partial charge in [-0.25, -0.2) is 4.79 Å². The third-order valence-corrected chi connectivity index (χ3v) is 8.36. The molecule has 1 aliphatic carbocycles. The van der Waals surface area contributed by atoms with Gasteiger partial charge >= 0.3 is 6.09 Å². The van der Waals surface area contributed by atoms with Gasteiger partial charge in [0.05, 0.1) is 6.04 Å². The molecular weight excluding hydrogens is 542 g/mol. The highest BCUT2D eigenvalue weighted by Gasteiger charge is 2.56. The van der Waals surface area contributed by atoms with Crippen LogP contribution in [0.4, 0.5) is 10.5 Å². The van der Waals surface area contributed by atoms with Crippen LogP contribution in [0.2, 0.25) is 0 Å². The minimum Gasteiger partial charge on any atom is -0.465 e. The number of hydrogen-bond acceptors (Lipinski definition) is 6. The largest absolute Gasteiger partial charge is 0.465 e. The SMILES string of the molecule is CCCC(NC(=O)[C@@H]1C[C@]2(CC(=O)N(c3ccccc3)C2)CN1C(=O)[C@@H](NC(=O)O)C(C)(C)C)C(O)C(=O)NC1CC1. The fourth-order valence-corrected chi connectivity index (χ4v) is 6.04. The Labute approximate surface area is 246 Å². The van der Waals surface area contributed by atoms with E-state index in [-0.39, 0.29) is 31.3 Å². The first-order valence-electron chi connectivity index (χ1n) is 14.7. The number of aliphatic hydroxyl groups excluding tert-OH is 1. The lowest BCUT2D eigenvalue weighted by Crippen LogP contribution is -2.59. The van der Waals surface area contributed by atoms with E-state index < -0.39 is 58.9 Å². The zero-order valence-corrected chi connectivity index (χ0v) is 24.8. The molecule has 3 fully saturated rings. The summed E-state index contributed by atoms with van der Waals surface area (Å²) >= 11 is 0. The molecule has 5 atom stereocenters. The average Bonchev–Trinajstić information content (AvgIpc) is 3.57. The van der Waals surface area contributed by atoms with E-state index in [1.54, 1.807) is 25.7 Å². The van der Waals surface area contributed by atoms with Crippen molar-refractivity contribution in [3.05, 3.63) is 30.3 Å². The highest BCUT2D eigenvalue weighted by atomic mass is 16.4. The fraction of sp³-hybridized carbons (Fsp3) is 0.633. The Morgan fingerprint density at radius 3 is 2.31 bits per heavy atom. The number of carboxylic acid groups (broad SMARTS) is 1. The molecule has 5 amide bonds. The second-order valence-electron chi connectivity index (χ2n) is 13.1. The predicted molar refractivity (Wildman–Crippen MR) is 154 cm³/mol. The monoisotopic (exact) mass is 585 g/mol. The second-order valence-corrected chi connectivity index (χ2v) is 13.1. The van der Waals surface area contributed by atoms with Gasteiger partial charge in [-0.1, -0.05) is 52.3 Å². The molecular formula is C30H43N5O7. The van der Waals surface area contributed by atoms with Crippen molar-refractivity contribution in [1.29, 1.82) is 0 Å². The van der Waals surface area contributed by atoms with Crippen molar-refractivity contribution in [3.8, 4) is 0 Å². The molecule has 4 rings (SSSR count). The van der Waals surface area contributed by atoms with Crippen LogP contribution in [0, 0.1) is 10.8 Å². The highest BCUT2D eigenvalue weighted by molar-refractivity contribution is 5.98. The lowest BCUT2D eigenvalue weighted by atomic mass is 9.84. The number of nitrogens with one attached hydrogen (secondary N) is 3. The van der Waals surface area contributed by atoms with E-state index in [4.69, 9.17) is 0 Å². The molecule has 42 heavy (non-hydrogen) atoms. The normalized spacial score (nSPS) is 24.3. The number of para-hydroxylation sites is 1. The number of likely N-dealkylation sites (tertiary alicyclic amines) is 1. The third kappa shape index (κ3) is 7.03. The van der Waals surface area contributed by atoms with E-state index in [1.807, 2.05) is 37.3 Å². The molecule has 0 aromatic heterocycles. The van der Waals surface area contributed by atoms with Gasteiger partial charge < -0.3 is 36.0 Å². The van der Waals surface area contributed by atoms with Crippen LogP contribution < -0.4 is 20.9 Å². The number of hydrogen-bond donors (Lipinski definition) is 5. The van der Waals surface area contributed by atoms with Gasteiger partial charge in [-0.3, -0.25) is 19.2 Å². The van der Waals surface area contributed by atoms with Crippen LogP contribution in [0.1, 0.15) is 66.2 Å². The molecule has 5 N–H and O–H groups in total. The van der Waals surface area contributed by atoms with E-state index in [0.717, 1.165) is 18.5 Å². The van der Waals surface area contributed by atoms with Gasteiger partial charge in [0.1, 0.15) is 12.1 Å². The first-order chi connectivity index (χ1) is 19.7. The zero-order valence-electron chi connectivity index (χ0n) is 24.8. The van der Waals surface area contributed by atoms with Gasteiger partial charge in [0.2, 0.25) is 17.7 Å². The number of carbonyl (C=O) groups is 5. The molecule has 2 heterocycles. The van der Waals surface area contributed by atoms with Gasteiger partial charge in [0.15, 0.2) is 6.10 Å². The van der Waals surface area contributed by atoms with E-state index in [1.165, 1.54) is 4.90 Å². The van der Waals surface area contributed by atoms with Crippen LogP contribution in [0.5, 0.6) is 0 Å². The lowest BCUT2D eigenvalue weighted by molar-refractivity contribution is -0.143. The van der Waals surface area contributed by atoms with Gasteiger partial charge in [-0.2, -0.15) is 0 Å². The van der Waals surface area contributed by atoms with Crippen LogP contribution in [0.3, 0.4) is 0 Å². The minimum atomic E-state index is -1.47. The molecule has 12 heteroatoms. The molecule has 2 saturated heterocycles. The molecule has 0 bridgehead atoms. The van der Waals surface area contributed by atoms with Crippen molar-refractivity contribution in [2.75, 3.05) is 18.0 Å². The lowest BCUT2D eigenvalue weighted by Gasteiger charge is -2.35. The van der Waals surface area contributed by atoms with Crippen molar-refractivity contribution < 1.29 is 34.2 Å². The number of amides is 5. The summed E-state index contributed by atoms with van der Waals surface area (Å²) in [5, 5.41) is 28.2. The Hall–Kier alpha value is -3.67. The van der Waals surface area contributed by atoms with Gasteiger partial charge in [-0.15, -0.1) is 0 Å². The first kappa shape index (κ1) is 31.3. The Balaban J connectivity index is 1.62. The maximum Gasteiger partial charge on any atom is 0.405 e. The van der Waals surface area contributed by atoms with Crippen molar-refractivity contribution in [2.24, 2.45) is 10.8 Å². The summed E-state index contributed by atoms with van der Waals surface area (Å²) in [7, 11) is 0. The summed E-state index contributed by atoms with van der Waals surface area (Å²) in [6.07, 6.45) is 0.0850. The van der Waals surface area contributed by atoms with Crippen molar-refractivity contribution in [2.45, 2.75) is 96.5 Å². The minimum absolute atomic E-state index is 0.0384. The molecule has 1 aromatic rings. The second kappa shape index (κ2) is 12.3. The molecule has 1 saturated carbocycles. The third-order valence-electron chi connectivity index (χ3n) is 8.36. The summed E-state index contributed by atoms with van der Waals surface area (Å²) in [6, 6.07) is 6.15. The van der Waals surface area contributed by atoms with Crippen molar-refractivity contribution in [1.82, 2.24) is 20.9 Å².